The summed E-state index contributed by atoms with van der Waals surface area (Å²) in [7, 11) is -4.13. The van der Waals surface area contributed by atoms with E-state index in [0.717, 1.165) is 0 Å². The number of carbonyl (C=O) groups is 1. The van der Waals surface area contributed by atoms with Gasteiger partial charge in [-0.15, -0.1) is 0 Å². The Hall–Kier alpha value is -0.600. The fourth-order valence-corrected chi connectivity index (χ4v) is 1.28. The van der Waals surface area contributed by atoms with Crippen LogP contribution >= 0.6 is 0 Å². The van der Waals surface area contributed by atoms with Crippen LogP contribution in [0.15, 0.2) is 24.3 Å². The molecule has 2 N–H and O–H groups in total. The van der Waals surface area contributed by atoms with Crippen molar-refractivity contribution in [3.63, 3.8) is 0 Å². The van der Waals surface area contributed by atoms with E-state index >= 15 is 0 Å². The fourth-order valence-electron chi connectivity index (χ4n) is 0.931. The average molecular weight is 253 g/mol. The van der Waals surface area contributed by atoms with Gasteiger partial charge in [0, 0.05) is 5.69 Å². The Morgan fingerprint density at radius 3 is 2.56 bits per heavy atom. The van der Waals surface area contributed by atoms with Crippen molar-refractivity contribution in [2.45, 2.75) is 0 Å². The molecule has 0 unspecified atom stereocenters. The van der Waals surface area contributed by atoms with Crippen LogP contribution in [0.3, 0.4) is 0 Å². The largest absolute Gasteiger partial charge is 1.00 e. The predicted molar refractivity (Wildman–Crippen MR) is 50.8 cm³/mol. The minimum absolute atomic E-state index is 0. The molecule has 0 heterocycles. The Morgan fingerprint density at radius 2 is 2.06 bits per heavy atom. The monoisotopic (exact) mass is 253 g/mol. The molecule has 16 heavy (non-hydrogen) atoms. The number of rotatable bonds is 4. The molecule has 0 saturated heterocycles. The van der Waals surface area contributed by atoms with Crippen LogP contribution in [0, 0.1) is 0 Å². The van der Waals surface area contributed by atoms with Crippen LogP contribution in [-0.2, 0) is 10.1 Å². The molecule has 0 bridgehead atoms. The summed E-state index contributed by atoms with van der Waals surface area (Å²) < 4.78 is 29.2. The number of aromatic carboxylic acids is 1. The first-order valence-electron chi connectivity index (χ1n) is 3.89. The van der Waals surface area contributed by atoms with Crippen molar-refractivity contribution in [2.75, 3.05) is 11.2 Å². The maximum Gasteiger partial charge on any atom is 1.00 e. The van der Waals surface area contributed by atoms with Crippen molar-refractivity contribution in [3.8, 4) is 0 Å². The molecule has 1 aromatic carbocycles. The molecular formula is C8H8NNaO5S. The third-order valence-electron chi connectivity index (χ3n) is 1.56. The molecule has 8 heteroatoms. The van der Waals surface area contributed by atoms with E-state index in [0.29, 0.717) is 0 Å². The third kappa shape index (κ3) is 5.47. The molecule has 0 atom stereocenters. The first-order valence-corrected chi connectivity index (χ1v) is 5.50. The van der Waals surface area contributed by atoms with Gasteiger partial charge in [0.05, 0.1) is 5.97 Å². The molecule has 0 radical (unpaired) electrons. The molecule has 0 saturated carbocycles. The summed E-state index contributed by atoms with van der Waals surface area (Å²) >= 11 is 0. The van der Waals surface area contributed by atoms with Gasteiger partial charge in [-0.2, -0.15) is 8.42 Å². The molecule has 0 fully saturated rings. The standard InChI is InChI=1S/C8H9NO5S.Na/c10-8(11)6-2-1-3-7(4-6)9-5-15(12,13)14;/h1-4,9H,5H2,(H,10,11)(H,12,13,14);/q;+1/p-1. The van der Waals surface area contributed by atoms with Crippen LogP contribution in [0.25, 0.3) is 0 Å². The summed E-state index contributed by atoms with van der Waals surface area (Å²) in [4.78, 5) is 10.4. The number of hydrogen-bond acceptors (Lipinski definition) is 5. The van der Waals surface area contributed by atoms with E-state index < -0.39 is 22.0 Å². The van der Waals surface area contributed by atoms with Gasteiger partial charge in [0.15, 0.2) is 0 Å². The van der Waals surface area contributed by atoms with Crippen molar-refractivity contribution in [1.29, 1.82) is 0 Å². The zero-order chi connectivity index (χ0) is 11.5. The number of hydrogen-bond donors (Lipinski definition) is 2. The number of anilines is 1. The zero-order valence-electron chi connectivity index (χ0n) is 8.50. The van der Waals surface area contributed by atoms with Gasteiger partial charge < -0.3 is 15.2 Å². The molecule has 0 amide bonds. The molecular weight excluding hydrogens is 245 g/mol. The molecule has 1 rings (SSSR count). The van der Waals surface area contributed by atoms with Crippen LogP contribution in [0.5, 0.6) is 0 Å². The topological polar surface area (TPSA) is 107 Å². The van der Waals surface area contributed by atoms with Gasteiger partial charge in [-0.25, -0.2) is 0 Å². The first-order chi connectivity index (χ1) is 6.88. The quantitative estimate of drug-likeness (QED) is 0.422. The summed E-state index contributed by atoms with van der Waals surface area (Å²) in [5, 5.41) is 12.8. The Morgan fingerprint density at radius 1 is 1.44 bits per heavy atom. The fraction of sp³-hybridized carbons (Fsp3) is 0.125. The average Bonchev–Trinajstić information content (AvgIpc) is 2.14. The van der Waals surface area contributed by atoms with E-state index in [2.05, 4.69) is 5.32 Å². The second-order valence-corrected chi connectivity index (χ2v) is 4.22. The van der Waals surface area contributed by atoms with E-state index in [9.17, 15) is 18.3 Å². The van der Waals surface area contributed by atoms with Crippen LogP contribution < -0.4 is 40.0 Å². The molecule has 0 aliphatic carbocycles. The summed E-state index contributed by atoms with van der Waals surface area (Å²) in [6.07, 6.45) is 0. The second-order valence-electron chi connectivity index (χ2n) is 2.77. The molecule has 0 aliphatic rings. The number of nitrogens with one attached hydrogen (secondary N) is 1. The molecule has 6 nitrogen and oxygen atoms in total. The second kappa shape index (κ2) is 6.21. The maximum atomic E-state index is 10.4. The Kier molecular flexibility index (Phi) is 5.98. The SMILES string of the molecule is O=C([O-])c1cccc(NCS(=O)(=O)O)c1.[Na+]. The third-order valence-corrected chi connectivity index (χ3v) is 2.07. The van der Waals surface area contributed by atoms with Crippen LogP contribution in [0.1, 0.15) is 10.4 Å². The van der Waals surface area contributed by atoms with Crippen LogP contribution in [0.2, 0.25) is 0 Å². The Bertz CT molecular complexity index is 473. The van der Waals surface area contributed by atoms with Gasteiger partial charge in [0.1, 0.15) is 5.88 Å². The number of benzene rings is 1. The molecule has 1 aromatic rings. The molecule has 0 spiro atoms. The number of carbonyl (C=O) groups excluding carboxylic acids is 1. The molecule has 0 aromatic heterocycles. The van der Waals surface area contributed by atoms with Crippen molar-refractivity contribution in [3.05, 3.63) is 29.8 Å². The van der Waals surface area contributed by atoms with Crippen molar-refractivity contribution >= 4 is 21.8 Å². The minimum atomic E-state index is -4.13. The number of carboxylic acids is 1. The van der Waals surface area contributed by atoms with Crippen LogP contribution in [0.4, 0.5) is 5.69 Å². The van der Waals surface area contributed by atoms with E-state index in [4.69, 9.17) is 4.55 Å². The Labute approximate surface area is 115 Å². The number of carboxylic acid groups (broad SMARTS) is 1. The van der Waals surface area contributed by atoms with E-state index in [1.807, 2.05) is 0 Å². The van der Waals surface area contributed by atoms with Crippen LogP contribution in [-0.4, -0.2) is 24.8 Å². The summed E-state index contributed by atoms with van der Waals surface area (Å²) in [6, 6.07) is 5.42. The summed E-state index contributed by atoms with van der Waals surface area (Å²) in [5.41, 5.74) is 0.199. The van der Waals surface area contributed by atoms with E-state index in [-0.39, 0.29) is 40.8 Å². The normalized spacial score (nSPS) is 10.3. The van der Waals surface area contributed by atoms with Gasteiger partial charge in [-0.1, -0.05) is 12.1 Å². The van der Waals surface area contributed by atoms with Gasteiger partial charge in [-0.3, -0.25) is 4.55 Å². The van der Waals surface area contributed by atoms with Crippen molar-refractivity contribution in [2.24, 2.45) is 0 Å². The molecule has 0 aliphatic heterocycles. The molecule has 82 valence electrons. The van der Waals surface area contributed by atoms with Crippen molar-refractivity contribution < 1.29 is 52.4 Å². The van der Waals surface area contributed by atoms with E-state index in [1.54, 1.807) is 0 Å². The first kappa shape index (κ1) is 15.4. The van der Waals surface area contributed by atoms with E-state index in [1.165, 1.54) is 24.3 Å². The summed E-state index contributed by atoms with van der Waals surface area (Å²) in [5.74, 6) is -2.03. The van der Waals surface area contributed by atoms with Gasteiger partial charge in [-0.05, 0) is 17.7 Å². The van der Waals surface area contributed by atoms with Gasteiger partial charge >= 0.3 is 29.6 Å². The summed E-state index contributed by atoms with van der Waals surface area (Å²) in [6.45, 7) is 0. The van der Waals surface area contributed by atoms with Crippen molar-refractivity contribution in [1.82, 2.24) is 0 Å². The maximum absolute atomic E-state index is 10.4. The smallest absolute Gasteiger partial charge is 0.545 e. The Balaban J connectivity index is 0.00000225. The zero-order valence-corrected chi connectivity index (χ0v) is 11.3. The minimum Gasteiger partial charge on any atom is -0.545 e. The predicted octanol–water partition coefficient (Wildman–Crippen LogP) is -3.69. The van der Waals surface area contributed by atoms with Gasteiger partial charge in [0.25, 0.3) is 10.1 Å². The van der Waals surface area contributed by atoms with Gasteiger partial charge in [0.2, 0.25) is 0 Å².